The van der Waals surface area contributed by atoms with E-state index in [1.165, 1.54) is 5.56 Å². The molecular weight excluding hydrogens is 212 g/mol. The van der Waals surface area contributed by atoms with Crippen molar-refractivity contribution in [1.82, 2.24) is 0 Å². The fourth-order valence-corrected chi connectivity index (χ4v) is 3.34. The monoisotopic (exact) mass is 228 g/mol. The molecule has 0 bridgehead atoms. The third-order valence-corrected chi connectivity index (χ3v) is 4.58. The van der Waals surface area contributed by atoms with Gasteiger partial charge in [-0.05, 0) is 18.4 Å². The molecule has 0 aliphatic carbocycles. The number of thioether (sulfide) groups is 1. The summed E-state index contributed by atoms with van der Waals surface area (Å²) in [6, 6.07) is 10.7. The van der Waals surface area contributed by atoms with Crippen LogP contribution in [0.15, 0.2) is 30.3 Å². The minimum atomic E-state index is 0.211. The van der Waals surface area contributed by atoms with Crippen LogP contribution >= 0.6 is 23.4 Å². The van der Waals surface area contributed by atoms with Gasteiger partial charge in [0.25, 0.3) is 0 Å². The van der Waals surface area contributed by atoms with Gasteiger partial charge in [-0.1, -0.05) is 44.2 Å². The van der Waals surface area contributed by atoms with Crippen molar-refractivity contribution in [2.24, 2.45) is 0 Å². The van der Waals surface area contributed by atoms with E-state index in [0.717, 1.165) is 12.8 Å². The first-order valence-corrected chi connectivity index (χ1v) is 6.56. The van der Waals surface area contributed by atoms with Crippen molar-refractivity contribution in [1.29, 1.82) is 0 Å². The number of hydrogen-bond donors (Lipinski definition) is 0. The molecule has 0 N–H and O–H groups in total. The number of rotatable bonds is 5. The lowest BCUT2D eigenvalue weighted by atomic mass is 9.93. The van der Waals surface area contributed by atoms with E-state index in [2.05, 4.69) is 44.2 Å². The summed E-state index contributed by atoms with van der Waals surface area (Å²) in [5.74, 6) is 0. The summed E-state index contributed by atoms with van der Waals surface area (Å²) in [5, 5.41) is 0.663. The minimum absolute atomic E-state index is 0.211. The molecule has 0 heterocycles. The highest BCUT2D eigenvalue weighted by molar-refractivity contribution is 8.01. The molecule has 0 saturated heterocycles. The Hall–Kier alpha value is -0.140. The zero-order valence-corrected chi connectivity index (χ0v) is 10.4. The molecule has 78 valence electrons. The quantitative estimate of drug-likeness (QED) is 0.663. The van der Waals surface area contributed by atoms with Gasteiger partial charge in [0.1, 0.15) is 0 Å². The number of alkyl halides is 1. The second kappa shape index (κ2) is 5.67. The van der Waals surface area contributed by atoms with Gasteiger partial charge in [0.2, 0.25) is 0 Å². The Bertz CT molecular complexity index is 254. The van der Waals surface area contributed by atoms with E-state index in [1.54, 1.807) is 0 Å². The molecular formula is C12H17ClS. The minimum Gasteiger partial charge on any atom is -0.134 e. The molecule has 1 aromatic carbocycles. The number of hydrogen-bond acceptors (Lipinski definition) is 1. The summed E-state index contributed by atoms with van der Waals surface area (Å²) in [4.78, 5) is 0. The predicted molar refractivity (Wildman–Crippen MR) is 67.0 cm³/mol. The van der Waals surface area contributed by atoms with Crippen molar-refractivity contribution in [3.05, 3.63) is 35.9 Å². The fourth-order valence-electron chi connectivity index (χ4n) is 1.79. The molecule has 2 heteroatoms. The normalized spacial score (nSPS) is 11.6. The molecule has 0 amide bonds. The van der Waals surface area contributed by atoms with Gasteiger partial charge in [-0.3, -0.25) is 0 Å². The summed E-state index contributed by atoms with van der Waals surface area (Å²) in [7, 11) is 0. The Balaban J connectivity index is 2.98. The molecule has 0 atom stereocenters. The molecule has 0 unspecified atom stereocenters. The van der Waals surface area contributed by atoms with Gasteiger partial charge >= 0.3 is 0 Å². The second-order valence-corrected chi connectivity index (χ2v) is 5.26. The fraction of sp³-hybridized carbons (Fsp3) is 0.500. The molecule has 0 aliphatic heterocycles. The van der Waals surface area contributed by atoms with Crippen LogP contribution in [0.4, 0.5) is 0 Å². The zero-order chi connectivity index (χ0) is 10.4. The van der Waals surface area contributed by atoms with E-state index in [-0.39, 0.29) is 4.75 Å². The van der Waals surface area contributed by atoms with E-state index >= 15 is 0 Å². The highest BCUT2D eigenvalue weighted by Crippen LogP contribution is 2.42. The molecule has 1 aromatic rings. The highest BCUT2D eigenvalue weighted by atomic mass is 35.5. The standard InChI is InChI=1S/C12H17ClS/c1-3-12(4-2,14-10-13)11-8-6-5-7-9-11/h5-9H,3-4,10H2,1-2H3. The van der Waals surface area contributed by atoms with E-state index in [0.29, 0.717) is 5.21 Å². The van der Waals surface area contributed by atoms with Crippen LogP contribution in [0, 0.1) is 0 Å². The second-order valence-electron chi connectivity index (χ2n) is 3.32. The maximum Gasteiger partial charge on any atom is 0.0689 e. The Kier molecular flexibility index (Phi) is 4.83. The lowest BCUT2D eigenvalue weighted by molar-refractivity contribution is 0.581. The smallest absolute Gasteiger partial charge is 0.0689 e. The van der Waals surface area contributed by atoms with Crippen LogP contribution in [-0.2, 0) is 4.75 Å². The molecule has 0 saturated carbocycles. The zero-order valence-electron chi connectivity index (χ0n) is 8.79. The first kappa shape index (κ1) is 11.9. The lowest BCUT2D eigenvalue weighted by Crippen LogP contribution is -2.19. The maximum absolute atomic E-state index is 5.86. The van der Waals surface area contributed by atoms with Crippen LogP contribution in [0.2, 0.25) is 0 Å². The van der Waals surface area contributed by atoms with Crippen LogP contribution < -0.4 is 0 Å². The van der Waals surface area contributed by atoms with Gasteiger partial charge in [-0.2, -0.15) is 0 Å². The SMILES string of the molecule is CCC(CC)(SCCl)c1ccccc1. The average molecular weight is 229 g/mol. The summed E-state index contributed by atoms with van der Waals surface area (Å²) in [5.41, 5.74) is 1.40. The summed E-state index contributed by atoms with van der Waals surface area (Å²) >= 11 is 7.70. The number of halogens is 1. The van der Waals surface area contributed by atoms with Crippen molar-refractivity contribution in [3.63, 3.8) is 0 Å². The van der Waals surface area contributed by atoms with E-state index in [4.69, 9.17) is 11.6 Å². The first-order valence-electron chi connectivity index (χ1n) is 5.04. The van der Waals surface area contributed by atoms with Crippen molar-refractivity contribution < 1.29 is 0 Å². The Morgan fingerprint density at radius 3 is 2.14 bits per heavy atom. The van der Waals surface area contributed by atoms with Crippen LogP contribution in [0.3, 0.4) is 0 Å². The topological polar surface area (TPSA) is 0 Å². The van der Waals surface area contributed by atoms with Crippen molar-refractivity contribution in [2.75, 3.05) is 5.21 Å². The van der Waals surface area contributed by atoms with Crippen molar-refractivity contribution >= 4 is 23.4 Å². The van der Waals surface area contributed by atoms with Gasteiger partial charge in [0, 0.05) is 4.75 Å². The maximum atomic E-state index is 5.86. The van der Waals surface area contributed by atoms with Crippen molar-refractivity contribution in [3.8, 4) is 0 Å². The largest absolute Gasteiger partial charge is 0.134 e. The first-order chi connectivity index (χ1) is 6.79. The van der Waals surface area contributed by atoms with Gasteiger partial charge in [0.05, 0.1) is 5.21 Å². The van der Waals surface area contributed by atoms with E-state index < -0.39 is 0 Å². The molecule has 0 fully saturated rings. The highest BCUT2D eigenvalue weighted by Gasteiger charge is 2.27. The number of benzene rings is 1. The van der Waals surface area contributed by atoms with Gasteiger partial charge < -0.3 is 0 Å². The van der Waals surface area contributed by atoms with Gasteiger partial charge in [0.15, 0.2) is 0 Å². The summed E-state index contributed by atoms with van der Waals surface area (Å²) in [6.45, 7) is 4.46. The molecule has 0 spiro atoms. The Morgan fingerprint density at radius 2 is 1.71 bits per heavy atom. The lowest BCUT2D eigenvalue weighted by Gasteiger charge is -2.30. The summed E-state index contributed by atoms with van der Waals surface area (Å²) < 4.78 is 0.211. The molecule has 14 heavy (non-hydrogen) atoms. The molecule has 0 nitrogen and oxygen atoms in total. The molecule has 0 radical (unpaired) electrons. The Labute approximate surface area is 96.0 Å². The van der Waals surface area contributed by atoms with Crippen LogP contribution in [0.25, 0.3) is 0 Å². The third-order valence-electron chi connectivity index (χ3n) is 2.77. The van der Waals surface area contributed by atoms with Crippen LogP contribution in [0.1, 0.15) is 32.3 Å². The molecule has 1 rings (SSSR count). The predicted octanol–water partition coefficient (Wildman–Crippen LogP) is 4.63. The average Bonchev–Trinajstić information content (AvgIpc) is 2.27. The van der Waals surface area contributed by atoms with Crippen LogP contribution in [0.5, 0.6) is 0 Å². The van der Waals surface area contributed by atoms with E-state index in [1.807, 2.05) is 11.8 Å². The molecule has 0 aliphatic rings. The Morgan fingerprint density at radius 1 is 1.14 bits per heavy atom. The van der Waals surface area contributed by atoms with Gasteiger partial charge in [-0.15, -0.1) is 23.4 Å². The summed E-state index contributed by atoms with van der Waals surface area (Å²) in [6.07, 6.45) is 2.26. The van der Waals surface area contributed by atoms with E-state index in [9.17, 15) is 0 Å². The van der Waals surface area contributed by atoms with Crippen LogP contribution in [-0.4, -0.2) is 5.21 Å². The third kappa shape index (κ3) is 2.46. The van der Waals surface area contributed by atoms with Gasteiger partial charge in [-0.25, -0.2) is 0 Å². The van der Waals surface area contributed by atoms with Crippen molar-refractivity contribution in [2.45, 2.75) is 31.4 Å². The molecule has 0 aromatic heterocycles.